The van der Waals surface area contributed by atoms with Crippen LogP contribution in [0.25, 0.3) is 16.0 Å². The molecular formula is C16H10FNOS2. The number of hydrogen-bond donors (Lipinski definition) is 0. The van der Waals surface area contributed by atoms with Gasteiger partial charge in [0.2, 0.25) is 0 Å². The van der Waals surface area contributed by atoms with Crippen molar-refractivity contribution < 1.29 is 9.18 Å². The molecule has 0 bridgehead atoms. The van der Waals surface area contributed by atoms with Gasteiger partial charge in [-0.15, -0.1) is 22.7 Å². The molecule has 104 valence electrons. The van der Waals surface area contributed by atoms with E-state index < -0.39 is 5.82 Å². The molecule has 0 saturated carbocycles. The summed E-state index contributed by atoms with van der Waals surface area (Å²) in [6.07, 6.45) is 3.07. The topological polar surface area (TPSA) is 30.0 Å². The van der Waals surface area contributed by atoms with Crippen molar-refractivity contribution in [1.29, 1.82) is 0 Å². The number of thiophene rings is 1. The molecule has 3 rings (SSSR count). The molecule has 2 nitrogen and oxygen atoms in total. The van der Waals surface area contributed by atoms with Gasteiger partial charge in [0.1, 0.15) is 10.8 Å². The third kappa shape index (κ3) is 3.32. The summed E-state index contributed by atoms with van der Waals surface area (Å²) in [6.45, 7) is 0. The zero-order chi connectivity index (χ0) is 14.7. The number of hydrogen-bond acceptors (Lipinski definition) is 4. The predicted octanol–water partition coefficient (Wildman–Crippen LogP) is 4.91. The molecule has 0 fully saturated rings. The zero-order valence-electron chi connectivity index (χ0n) is 10.8. The Bertz CT molecular complexity index is 790. The van der Waals surface area contributed by atoms with Crippen LogP contribution in [0.5, 0.6) is 0 Å². The summed E-state index contributed by atoms with van der Waals surface area (Å²) < 4.78 is 13.1. The molecule has 3 aromatic rings. The first-order valence-corrected chi connectivity index (χ1v) is 7.96. The van der Waals surface area contributed by atoms with Crippen molar-refractivity contribution in [3.05, 3.63) is 70.3 Å². The average molecular weight is 315 g/mol. The van der Waals surface area contributed by atoms with E-state index >= 15 is 0 Å². The number of thiazole rings is 1. The smallest absolute Gasteiger partial charge is 0.186 e. The first-order valence-electron chi connectivity index (χ1n) is 6.20. The summed E-state index contributed by atoms with van der Waals surface area (Å²) >= 11 is 3.16. The summed E-state index contributed by atoms with van der Waals surface area (Å²) in [5.41, 5.74) is 1.06. The van der Waals surface area contributed by atoms with Gasteiger partial charge in [0.25, 0.3) is 0 Å². The van der Waals surface area contributed by atoms with E-state index in [0.717, 1.165) is 15.6 Å². The molecule has 0 radical (unpaired) electrons. The van der Waals surface area contributed by atoms with Gasteiger partial charge >= 0.3 is 0 Å². The van der Waals surface area contributed by atoms with Crippen LogP contribution in [0.4, 0.5) is 4.39 Å². The van der Waals surface area contributed by atoms with Crippen LogP contribution < -0.4 is 0 Å². The zero-order valence-corrected chi connectivity index (χ0v) is 12.5. The van der Waals surface area contributed by atoms with Gasteiger partial charge in [0.05, 0.1) is 10.6 Å². The van der Waals surface area contributed by atoms with E-state index in [2.05, 4.69) is 4.98 Å². The second-order valence-electron chi connectivity index (χ2n) is 4.26. The Morgan fingerprint density at radius 2 is 2.10 bits per heavy atom. The van der Waals surface area contributed by atoms with Gasteiger partial charge in [-0.25, -0.2) is 9.37 Å². The Morgan fingerprint density at radius 1 is 1.19 bits per heavy atom. The minimum absolute atomic E-state index is 0.236. The first-order chi connectivity index (χ1) is 10.2. The van der Waals surface area contributed by atoms with Crippen LogP contribution in [-0.4, -0.2) is 10.8 Å². The molecular weight excluding hydrogens is 305 g/mol. The van der Waals surface area contributed by atoms with Crippen LogP contribution in [-0.2, 0) is 0 Å². The lowest BCUT2D eigenvalue weighted by molar-refractivity contribution is 0.104. The number of ketones is 1. The Kier molecular flexibility index (Phi) is 4.03. The normalized spacial score (nSPS) is 11.1. The van der Waals surface area contributed by atoms with Crippen LogP contribution in [0.1, 0.15) is 16.1 Å². The largest absolute Gasteiger partial charge is 0.289 e. The molecule has 0 amide bonds. The fourth-order valence-corrected chi connectivity index (χ4v) is 3.38. The maximum Gasteiger partial charge on any atom is 0.186 e. The number of aromatic nitrogens is 1. The van der Waals surface area contributed by atoms with Crippen molar-refractivity contribution in [1.82, 2.24) is 4.98 Å². The van der Waals surface area contributed by atoms with Gasteiger partial charge < -0.3 is 0 Å². The summed E-state index contributed by atoms with van der Waals surface area (Å²) in [4.78, 5) is 17.5. The lowest BCUT2D eigenvalue weighted by Crippen LogP contribution is -1.94. The SMILES string of the molecule is O=C(C=Cc1csc(-c2cccs2)n1)c1cccc(F)c1. The second kappa shape index (κ2) is 6.11. The Labute approximate surface area is 129 Å². The number of carbonyl (C=O) groups is 1. The van der Waals surface area contributed by atoms with Gasteiger partial charge in [0.15, 0.2) is 5.78 Å². The van der Waals surface area contributed by atoms with E-state index in [9.17, 15) is 9.18 Å². The van der Waals surface area contributed by atoms with E-state index in [0.29, 0.717) is 5.56 Å². The molecule has 1 aromatic carbocycles. The molecule has 21 heavy (non-hydrogen) atoms. The van der Waals surface area contributed by atoms with Gasteiger partial charge in [-0.05, 0) is 35.7 Å². The summed E-state index contributed by atoms with van der Waals surface area (Å²) in [6, 6.07) is 9.64. The summed E-state index contributed by atoms with van der Waals surface area (Å²) in [7, 11) is 0. The summed E-state index contributed by atoms with van der Waals surface area (Å²) in [5, 5.41) is 4.83. The van der Waals surface area contributed by atoms with Crippen LogP contribution in [0, 0.1) is 5.82 Å². The van der Waals surface area contributed by atoms with Crippen molar-refractivity contribution in [2.75, 3.05) is 0 Å². The van der Waals surface area contributed by atoms with Gasteiger partial charge in [-0.3, -0.25) is 4.79 Å². The number of carbonyl (C=O) groups excluding carboxylic acids is 1. The molecule has 2 heterocycles. The van der Waals surface area contributed by atoms with E-state index in [1.165, 1.54) is 35.6 Å². The lowest BCUT2D eigenvalue weighted by Gasteiger charge is -1.94. The van der Waals surface area contributed by atoms with E-state index in [1.807, 2.05) is 22.9 Å². The molecule has 5 heteroatoms. The van der Waals surface area contributed by atoms with Crippen molar-refractivity contribution in [2.45, 2.75) is 0 Å². The maximum atomic E-state index is 13.1. The third-order valence-electron chi connectivity index (χ3n) is 2.77. The Morgan fingerprint density at radius 3 is 2.86 bits per heavy atom. The third-order valence-corrected chi connectivity index (χ3v) is 4.67. The monoisotopic (exact) mass is 315 g/mol. The molecule has 0 unspecified atom stereocenters. The van der Waals surface area contributed by atoms with Crippen molar-refractivity contribution in [2.24, 2.45) is 0 Å². The van der Waals surface area contributed by atoms with Gasteiger partial charge in [-0.1, -0.05) is 18.2 Å². The molecule has 0 saturated heterocycles. The fraction of sp³-hybridized carbons (Fsp3) is 0. The van der Waals surface area contributed by atoms with Crippen LogP contribution in [0.3, 0.4) is 0 Å². The molecule has 0 aliphatic carbocycles. The van der Waals surface area contributed by atoms with Crippen molar-refractivity contribution in [3.8, 4) is 9.88 Å². The Balaban J connectivity index is 1.76. The number of halogens is 1. The minimum atomic E-state index is -0.414. The highest BCUT2D eigenvalue weighted by Gasteiger charge is 2.05. The highest BCUT2D eigenvalue weighted by molar-refractivity contribution is 7.20. The van der Waals surface area contributed by atoms with Gasteiger partial charge in [-0.2, -0.15) is 0 Å². The van der Waals surface area contributed by atoms with Crippen molar-refractivity contribution in [3.63, 3.8) is 0 Å². The molecule has 0 N–H and O–H groups in total. The summed E-state index contributed by atoms with van der Waals surface area (Å²) in [5.74, 6) is -0.650. The number of allylic oxidation sites excluding steroid dienone is 1. The van der Waals surface area contributed by atoms with Crippen LogP contribution >= 0.6 is 22.7 Å². The number of nitrogens with zero attached hydrogens (tertiary/aromatic N) is 1. The predicted molar refractivity (Wildman–Crippen MR) is 85.2 cm³/mol. The Hall–Kier alpha value is -2.11. The first kappa shape index (κ1) is 13.9. The highest BCUT2D eigenvalue weighted by atomic mass is 32.1. The van der Waals surface area contributed by atoms with E-state index in [4.69, 9.17) is 0 Å². The highest BCUT2D eigenvalue weighted by Crippen LogP contribution is 2.28. The quantitative estimate of drug-likeness (QED) is 0.506. The molecule has 0 atom stereocenters. The van der Waals surface area contributed by atoms with Crippen molar-refractivity contribution >= 4 is 34.5 Å². The second-order valence-corrected chi connectivity index (χ2v) is 6.07. The minimum Gasteiger partial charge on any atom is -0.289 e. The maximum absolute atomic E-state index is 13.1. The standard InChI is InChI=1S/C16H10FNOS2/c17-12-4-1-3-11(9-12)14(19)7-6-13-10-21-16(18-13)15-5-2-8-20-15/h1-10H. The number of benzene rings is 1. The molecule has 0 aliphatic rings. The molecule has 0 aliphatic heterocycles. The van der Waals surface area contributed by atoms with Gasteiger partial charge in [0, 0.05) is 10.9 Å². The molecule has 2 aromatic heterocycles. The average Bonchev–Trinajstić information content (AvgIpc) is 3.15. The number of rotatable bonds is 4. The fourth-order valence-electron chi connectivity index (χ4n) is 1.78. The van der Waals surface area contributed by atoms with E-state index in [-0.39, 0.29) is 5.78 Å². The van der Waals surface area contributed by atoms with E-state index in [1.54, 1.807) is 23.5 Å². The molecule has 0 spiro atoms. The van der Waals surface area contributed by atoms with Crippen LogP contribution in [0.15, 0.2) is 53.2 Å². The van der Waals surface area contributed by atoms with Crippen LogP contribution in [0.2, 0.25) is 0 Å². The lowest BCUT2D eigenvalue weighted by atomic mass is 10.1.